The smallest absolute Gasteiger partial charge is 0.251 e. The van der Waals surface area contributed by atoms with Gasteiger partial charge in [0.15, 0.2) is 0 Å². The minimum atomic E-state index is -0.0625. The van der Waals surface area contributed by atoms with Gasteiger partial charge in [-0.15, -0.1) is 0 Å². The first-order valence-corrected chi connectivity index (χ1v) is 6.28. The van der Waals surface area contributed by atoms with Crippen LogP contribution in [-0.4, -0.2) is 13.0 Å². The fourth-order valence-corrected chi connectivity index (χ4v) is 2.08. The van der Waals surface area contributed by atoms with Gasteiger partial charge in [0.25, 0.3) is 5.91 Å². The fourth-order valence-electron chi connectivity index (χ4n) is 2.08. The Morgan fingerprint density at radius 1 is 0.842 bits per heavy atom. The topological polar surface area (TPSA) is 29.1 Å². The number of hydrogen-bond acceptors (Lipinski definition) is 1. The summed E-state index contributed by atoms with van der Waals surface area (Å²) in [7, 11) is 1.66. The molecule has 1 N–H and O–H groups in total. The molecule has 0 saturated heterocycles. The van der Waals surface area contributed by atoms with E-state index in [2.05, 4.69) is 5.32 Å². The number of likely N-dealkylation sites (N-methyl/N-ethyl adjacent to an activating group) is 1. The van der Waals surface area contributed by atoms with E-state index in [9.17, 15) is 4.79 Å². The van der Waals surface area contributed by atoms with E-state index >= 15 is 0 Å². The molecule has 0 radical (unpaired) electrons. The number of nitrogens with one attached hydrogen (secondary N) is 1. The fraction of sp³-hybridized carbons (Fsp3) is 0.118. The first kappa shape index (κ1) is 13.1. The molecule has 2 nitrogen and oxygen atoms in total. The van der Waals surface area contributed by atoms with Gasteiger partial charge in [-0.05, 0) is 23.6 Å². The summed E-state index contributed by atoms with van der Waals surface area (Å²) in [6.45, 7) is 1.98. The van der Waals surface area contributed by atoms with Crippen LogP contribution in [0.5, 0.6) is 0 Å². The van der Waals surface area contributed by atoms with Gasteiger partial charge in [-0.25, -0.2) is 0 Å². The third-order valence-electron chi connectivity index (χ3n) is 3.10. The Morgan fingerprint density at radius 3 is 1.79 bits per heavy atom. The zero-order valence-corrected chi connectivity index (χ0v) is 11.2. The molecule has 2 rings (SSSR count). The summed E-state index contributed by atoms with van der Waals surface area (Å²) >= 11 is 0. The molecular weight excluding hydrogens is 234 g/mol. The van der Waals surface area contributed by atoms with Crippen LogP contribution in [-0.2, 0) is 4.79 Å². The average Bonchev–Trinajstić information content (AvgIpc) is 2.49. The second kappa shape index (κ2) is 6.01. The molecule has 0 aliphatic heterocycles. The summed E-state index contributed by atoms with van der Waals surface area (Å²) in [5.41, 5.74) is 3.69. The lowest BCUT2D eigenvalue weighted by Gasteiger charge is -2.12. The molecule has 1 amide bonds. The Morgan fingerprint density at radius 2 is 1.32 bits per heavy atom. The normalized spacial score (nSPS) is 11.7. The van der Waals surface area contributed by atoms with Gasteiger partial charge in [-0.2, -0.15) is 0 Å². The highest BCUT2D eigenvalue weighted by Gasteiger charge is 2.14. The summed E-state index contributed by atoms with van der Waals surface area (Å²) < 4.78 is 0. The SMILES string of the molecule is CNC(=O)/C(=C(\C)c1ccccc1)c1ccccc1. The minimum Gasteiger partial charge on any atom is -0.355 e. The molecular formula is C17H17NO. The maximum absolute atomic E-state index is 12.2. The van der Waals surface area contributed by atoms with Gasteiger partial charge in [0.2, 0.25) is 0 Å². The molecule has 0 fully saturated rings. The van der Waals surface area contributed by atoms with Crippen LogP contribution < -0.4 is 5.32 Å². The summed E-state index contributed by atoms with van der Waals surface area (Å²) in [6.07, 6.45) is 0. The van der Waals surface area contributed by atoms with Crippen LogP contribution in [0.25, 0.3) is 11.1 Å². The standard InChI is InChI=1S/C17H17NO/c1-13(14-9-5-3-6-10-14)16(17(19)18-2)15-11-7-4-8-12-15/h3-12H,1-2H3,(H,18,19)/b16-13+. The zero-order chi connectivity index (χ0) is 13.7. The van der Waals surface area contributed by atoms with Gasteiger partial charge in [0.05, 0.1) is 5.57 Å². The third-order valence-corrected chi connectivity index (χ3v) is 3.10. The predicted molar refractivity (Wildman–Crippen MR) is 79.4 cm³/mol. The number of rotatable bonds is 3. The Kier molecular flexibility index (Phi) is 4.14. The molecule has 0 aromatic heterocycles. The minimum absolute atomic E-state index is 0.0625. The zero-order valence-electron chi connectivity index (χ0n) is 11.2. The van der Waals surface area contributed by atoms with Crippen LogP contribution in [0, 0.1) is 0 Å². The Labute approximate surface area is 113 Å². The molecule has 96 valence electrons. The van der Waals surface area contributed by atoms with Crippen molar-refractivity contribution in [1.82, 2.24) is 5.32 Å². The van der Waals surface area contributed by atoms with E-state index in [0.717, 1.165) is 16.7 Å². The van der Waals surface area contributed by atoms with Crippen molar-refractivity contribution in [1.29, 1.82) is 0 Å². The summed E-state index contributed by atoms with van der Waals surface area (Å²) in [5.74, 6) is -0.0625. The van der Waals surface area contributed by atoms with Crippen LogP contribution in [0.15, 0.2) is 60.7 Å². The van der Waals surface area contributed by atoms with Crippen molar-refractivity contribution in [3.05, 3.63) is 71.8 Å². The molecule has 19 heavy (non-hydrogen) atoms. The van der Waals surface area contributed by atoms with E-state index in [4.69, 9.17) is 0 Å². The summed E-state index contributed by atoms with van der Waals surface area (Å²) in [5, 5.41) is 2.72. The number of amides is 1. The molecule has 0 spiro atoms. The maximum Gasteiger partial charge on any atom is 0.251 e. The molecule has 0 bridgehead atoms. The van der Waals surface area contributed by atoms with Crippen LogP contribution in [0.2, 0.25) is 0 Å². The maximum atomic E-state index is 12.2. The third kappa shape index (κ3) is 2.91. The molecule has 2 heteroatoms. The number of carbonyl (C=O) groups excluding carboxylic acids is 1. The first-order chi connectivity index (χ1) is 9.24. The number of carbonyl (C=O) groups is 1. The average molecular weight is 251 g/mol. The number of allylic oxidation sites excluding steroid dienone is 1. The lowest BCUT2D eigenvalue weighted by atomic mass is 9.95. The van der Waals surface area contributed by atoms with Crippen LogP contribution in [0.1, 0.15) is 18.1 Å². The highest BCUT2D eigenvalue weighted by molar-refractivity contribution is 6.26. The number of hydrogen-bond donors (Lipinski definition) is 1. The molecule has 0 saturated carbocycles. The van der Waals surface area contributed by atoms with E-state index in [1.165, 1.54) is 0 Å². The predicted octanol–water partition coefficient (Wildman–Crippen LogP) is 3.36. The number of benzene rings is 2. The van der Waals surface area contributed by atoms with Crippen molar-refractivity contribution < 1.29 is 4.79 Å². The monoisotopic (exact) mass is 251 g/mol. The van der Waals surface area contributed by atoms with Gasteiger partial charge in [-0.3, -0.25) is 4.79 Å². The lowest BCUT2D eigenvalue weighted by Crippen LogP contribution is -2.20. The van der Waals surface area contributed by atoms with Crippen molar-refractivity contribution in [2.45, 2.75) is 6.92 Å². The van der Waals surface area contributed by atoms with Gasteiger partial charge in [-0.1, -0.05) is 60.7 Å². The Bertz CT molecular complexity index is 585. The van der Waals surface area contributed by atoms with Gasteiger partial charge >= 0.3 is 0 Å². The van der Waals surface area contributed by atoms with Crippen LogP contribution >= 0.6 is 0 Å². The van der Waals surface area contributed by atoms with Crippen LogP contribution in [0.3, 0.4) is 0 Å². The van der Waals surface area contributed by atoms with Crippen molar-refractivity contribution in [3.8, 4) is 0 Å². The quantitative estimate of drug-likeness (QED) is 0.657. The molecule has 0 unspecified atom stereocenters. The Balaban J connectivity index is 2.58. The lowest BCUT2D eigenvalue weighted by molar-refractivity contribution is -0.115. The molecule has 0 aliphatic carbocycles. The van der Waals surface area contributed by atoms with Crippen molar-refractivity contribution in [3.63, 3.8) is 0 Å². The second-order valence-electron chi connectivity index (χ2n) is 4.31. The van der Waals surface area contributed by atoms with Gasteiger partial charge in [0, 0.05) is 7.05 Å². The van der Waals surface area contributed by atoms with E-state index in [-0.39, 0.29) is 5.91 Å². The molecule has 2 aromatic carbocycles. The van der Waals surface area contributed by atoms with E-state index in [1.54, 1.807) is 7.05 Å². The van der Waals surface area contributed by atoms with Gasteiger partial charge < -0.3 is 5.32 Å². The van der Waals surface area contributed by atoms with E-state index < -0.39 is 0 Å². The first-order valence-electron chi connectivity index (χ1n) is 6.28. The Hall–Kier alpha value is -2.35. The highest BCUT2D eigenvalue weighted by Crippen LogP contribution is 2.25. The highest BCUT2D eigenvalue weighted by atomic mass is 16.1. The van der Waals surface area contributed by atoms with Crippen molar-refractivity contribution in [2.24, 2.45) is 0 Å². The molecule has 2 aromatic rings. The molecule has 0 atom stereocenters. The summed E-state index contributed by atoms with van der Waals surface area (Å²) in [6, 6.07) is 19.7. The molecule has 0 aliphatic rings. The van der Waals surface area contributed by atoms with E-state index in [0.29, 0.717) is 5.57 Å². The van der Waals surface area contributed by atoms with Gasteiger partial charge in [0.1, 0.15) is 0 Å². The second-order valence-corrected chi connectivity index (χ2v) is 4.31. The van der Waals surface area contributed by atoms with E-state index in [1.807, 2.05) is 67.6 Å². The van der Waals surface area contributed by atoms with Crippen molar-refractivity contribution in [2.75, 3.05) is 7.05 Å². The largest absolute Gasteiger partial charge is 0.355 e. The van der Waals surface area contributed by atoms with Crippen LogP contribution in [0.4, 0.5) is 0 Å². The summed E-state index contributed by atoms with van der Waals surface area (Å²) in [4.78, 5) is 12.2. The van der Waals surface area contributed by atoms with Crippen molar-refractivity contribution >= 4 is 17.1 Å². The molecule has 0 heterocycles.